The number of nitrogens with one attached hydrogen (secondary N) is 1. The molecule has 30 heavy (non-hydrogen) atoms. The summed E-state index contributed by atoms with van der Waals surface area (Å²) in [6.45, 7) is 0. The van der Waals surface area contributed by atoms with Crippen molar-refractivity contribution in [1.29, 1.82) is 0 Å². The molecule has 1 aliphatic rings. The van der Waals surface area contributed by atoms with Crippen LogP contribution in [-0.2, 0) is 15.9 Å². The monoisotopic (exact) mass is 401 g/mol. The van der Waals surface area contributed by atoms with Gasteiger partial charge < -0.3 is 14.8 Å². The summed E-state index contributed by atoms with van der Waals surface area (Å²) >= 11 is 0. The largest absolute Gasteiger partial charge is 0.465 e. The van der Waals surface area contributed by atoms with Crippen LogP contribution >= 0.6 is 0 Å². The second-order valence-electron chi connectivity index (χ2n) is 6.87. The fourth-order valence-corrected chi connectivity index (χ4v) is 3.47. The standard InChI is InChI=1S/C24H19NO5/c1-29-23(27)19-9-5-6-10-20(19)25-22(26)16-11-12-18-17(13-16)14-21(30-24(18)28)15-7-3-2-4-8-15/h2-13,21H,14H2,1H3,(H,25,26)/t21-/m0/s1. The Labute approximate surface area is 173 Å². The quantitative estimate of drug-likeness (QED) is 0.664. The Kier molecular flexibility index (Phi) is 5.30. The maximum absolute atomic E-state index is 12.8. The molecule has 0 spiro atoms. The summed E-state index contributed by atoms with van der Waals surface area (Å²) < 4.78 is 10.3. The normalized spacial score (nSPS) is 15.0. The van der Waals surface area contributed by atoms with E-state index in [9.17, 15) is 14.4 Å². The van der Waals surface area contributed by atoms with Crippen molar-refractivity contribution in [1.82, 2.24) is 0 Å². The van der Waals surface area contributed by atoms with E-state index in [1.54, 1.807) is 42.5 Å². The number of anilines is 1. The van der Waals surface area contributed by atoms with Gasteiger partial charge in [-0.25, -0.2) is 9.59 Å². The Hall–Kier alpha value is -3.93. The van der Waals surface area contributed by atoms with Crippen LogP contribution < -0.4 is 5.32 Å². The van der Waals surface area contributed by atoms with Gasteiger partial charge in [0.2, 0.25) is 0 Å². The summed E-state index contributed by atoms with van der Waals surface area (Å²) in [6.07, 6.45) is 0.0786. The number of carbonyl (C=O) groups is 3. The van der Waals surface area contributed by atoms with Crippen LogP contribution in [0, 0.1) is 0 Å². The average molecular weight is 401 g/mol. The van der Waals surface area contributed by atoms with Crippen LogP contribution in [0.5, 0.6) is 0 Å². The van der Waals surface area contributed by atoms with E-state index >= 15 is 0 Å². The first-order valence-electron chi connectivity index (χ1n) is 9.44. The topological polar surface area (TPSA) is 81.7 Å². The molecule has 3 aromatic rings. The number of ether oxygens (including phenoxy) is 2. The molecule has 1 aliphatic heterocycles. The van der Waals surface area contributed by atoms with Gasteiger partial charge in [0.1, 0.15) is 6.10 Å². The number of cyclic esters (lactones) is 1. The molecule has 6 heteroatoms. The van der Waals surface area contributed by atoms with Crippen molar-refractivity contribution in [2.24, 2.45) is 0 Å². The Balaban J connectivity index is 1.60. The van der Waals surface area contributed by atoms with Crippen molar-refractivity contribution in [3.8, 4) is 0 Å². The van der Waals surface area contributed by atoms with Gasteiger partial charge in [-0.1, -0.05) is 42.5 Å². The van der Waals surface area contributed by atoms with E-state index in [1.807, 2.05) is 30.3 Å². The van der Waals surface area contributed by atoms with E-state index in [2.05, 4.69) is 5.32 Å². The van der Waals surface area contributed by atoms with Gasteiger partial charge in [0.15, 0.2) is 0 Å². The maximum atomic E-state index is 12.8. The van der Waals surface area contributed by atoms with Crippen molar-refractivity contribution in [3.05, 3.63) is 101 Å². The molecule has 1 N–H and O–H groups in total. The Morgan fingerprint density at radius 3 is 2.50 bits per heavy atom. The van der Waals surface area contributed by atoms with Gasteiger partial charge in [-0.3, -0.25) is 4.79 Å². The predicted molar refractivity (Wildman–Crippen MR) is 110 cm³/mol. The van der Waals surface area contributed by atoms with Gasteiger partial charge in [-0.15, -0.1) is 0 Å². The van der Waals surface area contributed by atoms with Crippen LogP contribution in [-0.4, -0.2) is 25.0 Å². The molecule has 0 saturated carbocycles. The van der Waals surface area contributed by atoms with E-state index in [-0.39, 0.29) is 11.5 Å². The van der Waals surface area contributed by atoms with Crippen molar-refractivity contribution in [2.45, 2.75) is 12.5 Å². The molecule has 0 unspecified atom stereocenters. The van der Waals surface area contributed by atoms with Gasteiger partial charge in [-0.2, -0.15) is 0 Å². The molecule has 0 bridgehead atoms. The van der Waals surface area contributed by atoms with Crippen LogP contribution in [0.4, 0.5) is 5.69 Å². The molecule has 0 aliphatic carbocycles. The highest BCUT2D eigenvalue weighted by Crippen LogP contribution is 2.31. The average Bonchev–Trinajstić information content (AvgIpc) is 2.79. The van der Waals surface area contributed by atoms with Crippen LogP contribution in [0.3, 0.4) is 0 Å². The number of methoxy groups -OCH3 is 1. The van der Waals surface area contributed by atoms with E-state index < -0.39 is 18.0 Å². The highest BCUT2D eigenvalue weighted by Gasteiger charge is 2.28. The van der Waals surface area contributed by atoms with Crippen LogP contribution in [0.2, 0.25) is 0 Å². The van der Waals surface area contributed by atoms with Crippen molar-refractivity contribution in [3.63, 3.8) is 0 Å². The number of hydrogen-bond donors (Lipinski definition) is 1. The molecule has 0 saturated heterocycles. The van der Waals surface area contributed by atoms with E-state index in [1.165, 1.54) is 7.11 Å². The Morgan fingerprint density at radius 1 is 1.00 bits per heavy atom. The number of carbonyl (C=O) groups excluding carboxylic acids is 3. The number of esters is 2. The molecular weight excluding hydrogens is 382 g/mol. The van der Waals surface area contributed by atoms with Crippen molar-refractivity contribution < 1.29 is 23.9 Å². The predicted octanol–water partition coefficient (Wildman–Crippen LogP) is 4.18. The molecule has 1 amide bonds. The molecule has 150 valence electrons. The Morgan fingerprint density at radius 2 is 1.73 bits per heavy atom. The lowest BCUT2D eigenvalue weighted by Gasteiger charge is -2.25. The maximum Gasteiger partial charge on any atom is 0.339 e. The summed E-state index contributed by atoms with van der Waals surface area (Å²) in [4.78, 5) is 37.2. The number of para-hydroxylation sites is 1. The second-order valence-corrected chi connectivity index (χ2v) is 6.87. The van der Waals surface area contributed by atoms with Crippen molar-refractivity contribution >= 4 is 23.5 Å². The zero-order valence-electron chi connectivity index (χ0n) is 16.3. The minimum absolute atomic E-state index is 0.263. The zero-order chi connectivity index (χ0) is 21.1. The smallest absolute Gasteiger partial charge is 0.339 e. The lowest BCUT2D eigenvalue weighted by molar-refractivity contribution is 0.0252. The number of benzene rings is 3. The van der Waals surface area contributed by atoms with Crippen LogP contribution in [0.25, 0.3) is 0 Å². The summed E-state index contributed by atoms with van der Waals surface area (Å²) in [5, 5.41) is 2.75. The number of rotatable bonds is 4. The van der Waals surface area contributed by atoms with Gasteiger partial charge in [0, 0.05) is 12.0 Å². The number of amides is 1. The fourth-order valence-electron chi connectivity index (χ4n) is 3.47. The van der Waals surface area contributed by atoms with Crippen LogP contribution in [0.1, 0.15) is 48.3 Å². The summed E-state index contributed by atoms with van der Waals surface area (Å²) in [5.41, 5.74) is 3.10. The molecule has 1 atom stereocenters. The summed E-state index contributed by atoms with van der Waals surface area (Å²) in [6, 6.07) is 21.0. The molecule has 0 fully saturated rings. The minimum Gasteiger partial charge on any atom is -0.465 e. The SMILES string of the molecule is COC(=O)c1ccccc1NC(=O)c1ccc2c(c1)C[C@@H](c1ccccc1)OC2=O. The first-order chi connectivity index (χ1) is 14.6. The first-order valence-corrected chi connectivity index (χ1v) is 9.44. The molecule has 3 aromatic carbocycles. The third-order valence-electron chi connectivity index (χ3n) is 4.99. The number of fused-ring (bicyclic) bond motifs is 1. The highest BCUT2D eigenvalue weighted by molar-refractivity contribution is 6.08. The summed E-state index contributed by atoms with van der Waals surface area (Å²) in [5.74, 6) is -1.33. The van der Waals surface area contributed by atoms with Gasteiger partial charge in [0.25, 0.3) is 5.91 Å². The fraction of sp³-hybridized carbons (Fsp3) is 0.125. The van der Waals surface area contributed by atoms with Crippen LogP contribution in [0.15, 0.2) is 72.8 Å². The highest BCUT2D eigenvalue weighted by atomic mass is 16.5. The third-order valence-corrected chi connectivity index (χ3v) is 4.99. The van der Waals surface area contributed by atoms with Gasteiger partial charge in [0.05, 0.1) is 23.9 Å². The second kappa shape index (κ2) is 8.21. The molecule has 4 rings (SSSR count). The molecule has 0 aromatic heterocycles. The van der Waals surface area contributed by atoms with E-state index in [0.717, 1.165) is 11.1 Å². The zero-order valence-corrected chi connectivity index (χ0v) is 16.3. The van der Waals surface area contributed by atoms with Gasteiger partial charge in [-0.05, 0) is 41.5 Å². The molecule has 1 heterocycles. The third kappa shape index (κ3) is 3.80. The molecule has 0 radical (unpaired) electrons. The van der Waals surface area contributed by atoms with E-state index in [0.29, 0.717) is 23.2 Å². The number of hydrogen-bond acceptors (Lipinski definition) is 5. The lowest BCUT2D eigenvalue weighted by Crippen LogP contribution is -2.23. The minimum atomic E-state index is -0.537. The summed E-state index contributed by atoms with van der Waals surface area (Å²) in [7, 11) is 1.28. The lowest BCUT2D eigenvalue weighted by atomic mass is 9.93. The molecular formula is C24H19NO5. The van der Waals surface area contributed by atoms with E-state index in [4.69, 9.17) is 9.47 Å². The molecule has 6 nitrogen and oxygen atoms in total. The van der Waals surface area contributed by atoms with Gasteiger partial charge >= 0.3 is 11.9 Å². The van der Waals surface area contributed by atoms with Crippen molar-refractivity contribution in [2.75, 3.05) is 12.4 Å². The first kappa shape index (κ1) is 19.4. The Bertz CT molecular complexity index is 1120.